The fraction of sp³-hybridized carbons (Fsp3) is 0.538. The molecule has 0 bridgehead atoms. The van der Waals surface area contributed by atoms with E-state index in [1.165, 1.54) is 19.3 Å². The Bertz CT molecular complexity index is 884. The third-order valence-corrected chi connectivity index (χ3v) is 7.74. The third kappa shape index (κ3) is 5.52. The van der Waals surface area contributed by atoms with Gasteiger partial charge in [0.15, 0.2) is 0 Å². The summed E-state index contributed by atoms with van der Waals surface area (Å²) in [5.41, 5.74) is 1.86. The number of piperidine rings is 1. The van der Waals surface area contributed by atoms with Crippen LogP contribution in [0.15, 0.2) is 41.8 Å². The molecule has 6 heteroatoms. The Balaban J connectivity index is 1.37. The summed E-state index contributed by atoms with van der Waals surface area (Å²) in [6.45, 7) is 4.56. The summed E-state index contributed by atoms with van der Waals surface area (Å²) in [7, 11) is 0. The number of nitrogens with one attached hydrogen (secondary N) is 1. The van der Waals surface area contributed by atoms with Crippen molar-refractivity contribution in [2.45, 2.75) is 70.4 Å². The van der Waals surface area contributed by atoms with Crippen LogP contribution in [0.4, 0.5) is 5.69 Å². The number of nitrogens with zero attached hydrogens (tertiary/aromatic N) is 2. The molecule has 0 radical (unpaired) electrons. The molecule has 2 fully saturated rings. The van der Waals surface area contributed by atoms with Crippen LogP contribution in [0.1, 0.15) is 67.1 Å². The first-order chi connectivity index (χ1) is 15.7. The summed E-state index contributed by atoms with van der Waals surface area (Å²) in [5, 5.41) is 5.21. The van der Waals surface area contributed by atoms with Crippen LogP contribution in [0, 0.1) is 0 Å². The Kier molecular flexibility index (Phi) is 7.85. The lowest BCUT2D eigenvalue weighted by Gasteiger charge is -2.37. The van der Waals surface area contributed by atoms with Gasteiger partial charge in [-0.15, -0.1) is 11.3 Å². The van der Waals surface area contributed by atoms with Gasteiger partial charge in [-0.25, -0.2) is 0 Å². The molecule has 2 amide bonds. The molecule has 1 aliphatic carbocycles. The molecule has 1 saturated heterocycles. The minimum atomic E-state index is 0.104. The zero-order chi connectivity index (χ0) is 22.3. The fourth-order valence-electron chi connectivity index (χ4n) is 5.16. The number of rotatable bonds is 7. The monoisotopic (exact) mass is 453 g/mol. The number of carbonyl (C=O) groups excluding carboxylic acids is 2. The van der Waals surface area contributed by atoms with Crippen LogP contribution in [-0.2, 0) is 11.2 Å². The van der Waals surface area contributed by atoms with Crippen molar-refractivity contribution in [3.05, 3.63) is 52.2 Å². The maximum absolute atomic E-state index is 13.5. The lowest BCUT2D eigenvalue weighted by Crippen LogP contribution is -2.46. The maximum Gasteiger partial charge on any atom is 0.256 e. The Morgan fingerprint density at radius 3 is 2.47 bits per heavy atom. The second kappa shape index (κ2) is 11.0. The summed E-state index contributed by atoms with van der Waals surface area (Å²) in [6, 6.07) is 12.6. The van der Waals surface area contributed by atoms with Gasteiger partial charge in [0.2, 0.25) is 5.91 Å². The highest BCUT2D eigenvalue weighted by Crippen LogP contribution is 2.29. The molecule has 1 aromatic heterocycles. The molecule has 1 saturated carbocycles. The van der Waals surface area contributed by atoms with Gasteiger partial charge in [0.05, 0.1) is 12.0 Å². The Morgan fingerprint density at radius 2 is 1.78 bits per heavy atom. The van der Waals surface area contributed by atoms with Crippen molar-refractivity contribution >= 4 is 28.8 Å². The van der Waals surface area contributed by atoms with Crippen LogP contribution < -0.4 is 10.2 Å². The molecule has 1 aromatic carbocycles. The standard InChI is InChI=1S/C26H35N3O2S/c1-2-29(21-9-4-3-5-10-21)26(31)23-12-6-7-13-24(23)28-16-14-20(15-17-28)27-25(30)19-22-11-8-18-32-22/h6-8,11-13,18,20-21H,2-5,9-10,14-17,19H2,1H3,(H,27,30). The van der Waals surface area contributed by atoms with Gasteiger partial charge in [-0.2, -0.15) is 0 Å². The number of amides is 2. The fourth-order valence-corrected chi connectivity index (χ4v) is 5.86. The molecule has 2 aliphatic rings. The normalized spacial score (nSPS) is 17.8. The van der Waals surface area contributed by atoms with Crippen LogP contribution in [0.25, 0.3) is 0 Å². The van der Waals surface area contributed by atoms with E-state index in [1.807, 2.05) is 35.7 Å². The van der Waals surface area contributed by atoms with E-state index >= 15 is 0 Å². The van der Waals surface area contributed by atoms with Crippen molar-refractivity contribution in [3.63, 3.8) is 0 Å². The molecular weight excluding hydrogens is 418 g/mol. The first-order valence-electron chi connectivity index (χ1n) is 12.1. The van der Waals surface area contributed by atoms with Crippen molar-refractivity contribution in [1.29, 1.82) is 0 Å². The van der Waals surface area contributed by atoms with Gasteiger partial charge in [0.1, 0.15) is 0 Å². The average Bonchev–Trinajstić information content (AvgIpc) is 3.33. The van der Waals surface area contributed by atoms with Gasteiger partial charge in [0.25, 0.3) is 5.91 Å². The van der Waals surface area contributed by atoms with Crippen molar-refractivity contribution < 1.29 is 9.59 Å². The third-order valence-electron chi connectivity index (χ3n) is 6.87. The first-order valence-corrected chi connectivity index (χ1v) is 13.0. The van der Waals surface area contributed by atoms with Gasteiger partial charge in [-0.1, -0.05) is 37.5 Å². The lowest BCUT2D eigenvalue weighted by molar-refractivity contribution is -0.121. The van der Waals surface area contributed by atoms with Crippen LogP contribution in [-0.4, -0.2) is 48.4 Å². The zero-order valence-corrected chi connectivity index (χ0v) is 19.9. The van der Waals surface area contributed by atoms with Crippen molar-refractivity contribution in [2.75, 3.05) is 24.5 Å². The van der Waals surface area contributed by atoms with Gasteiger partial charge in [-0.3, -0.25) is 9.59 Å². The minimum absolute atomic E-state index is 0.104. The van der Waals surface area contributed by atoms with Crippen LogP contribution in [0.5, 0.6) is 0 Å². The molecular formula is C26H35N3O2S. The second-order valence-electron chi connectivity index (χ2n) is 8.99. The quantitative estimate of drug-likeness (QED) is 0.651. The predicted molar refractivity (Wildman–Crippen MR) is 131 cm³/mol. The van der Waals surface area contributed by atoms with E-state index in [0.29, 0.717) is 12.5 Å². The molecule has 5 nitrogen and oxygen atoms in total. The highest BCUT2D eigenvalue weighted by atomic mass is 32.1. The van der Waals surface area contributed by atoms with Crippen molar-refractivity contribution in [3.8, 4) is 0 Å². The van der Waals surface area contributed by atoms with E-state index in [0.717, 1.165) is 61.4 Å². The van der Waals surface area contributed by atoms with Gasteiger partial charge in [0, 0.05) is 42.3 Å². The largest absolute Gasteiger partial charge is 0.371 e. The summed E-state index contributed by atoms with van der Waals surface area (Å²) in [4.78, 5) is 31.4. The highest BCUT2D eigenvalue weighted by Gasteiger charge is 2.29. The predicted octanol–water partition coefficient (Wildman–Crippen LogP) is 4.87. The number of thiophene rings is 1. The lowest BCUT2D eigenvalue weighted by atomic mass is 9.93. The van der Waals surface area contributed by atoms with Crippen molar-refractivity contribution in [1.82, 2.24) is 10.2 Å². The van der Waals surface area contributed by atoms with E-state index < -0.39 is 0 Å². The van der Waals surface area contributed by atoms with E-state index in [1.54, 1.807) is 11.3 Å². The van der Waals surface area contributed by atoms with E-state index in [4.69, 9.17) is 0 Å². The topological polar surface area (TPSA) is 52.7 Å². The minimum Gasteiger partial charge on any atom is -0.371 e. The molecule has 4 rings (SSSR count). The molecule has 0 atom stereocenters. The summed E-state index contributed by atoms with van der Waals surface area (Å²) in [6.07, 6.45) is 8.25. The van der Waals surface area contributed by atoms with Gasteiger partial charge < -0.3 is 15.1 Å². The summed E-state index contributed by atoms with van der Waals surface area (Å²) in [5.74, 6) is 0.272. The number of anilines is 1. The molecule has 0 unspecified atom stereocenters. The Hall–Kier alpha value is -2.34. The summed E-state index contributed by atoms with van der Waals surface area (Å²) >= 11 is 1.62. The van der Waals surface area contributed by atoms with Crippen LogP contribution in [0.2, 0.25) is 0 Å². The average molecular weight is 454 g/mol. The SMILES string of the molecule is CCN(C(=O)c1ccccc1N1CCC(NC(=O)Cc2cccs2)CC1)C1CCCCC1. The molecule has 2 aromatic rings. The Morgan fingerprint density at radius 1 is 1.03 bits per heavy atom. The molecule has 172 valence electrons. The van der Waals surface area contributed by atoms with Gasteiger partial charge in [-0.05, 0) is 56.2 Å². The molecule has 1 N–H and O–H groups in total. The van der Waals surface area contributed by atoms with E-state index in [2.05, 4.69) is 28.1 Å². The highest BCUT2D eigenvalue weighted by molar-refractivity contribution is 7.10. The number of para-hydroxylation sites is 1. The molecule has 2 heterocycles. The van der Waals surface area contributed by atoms with Crippen LogP contribution in [0.3, 0.4) is 0 Å². The number of carbonyl (C=O) groups is 2. The van der Waals surface area contributed by atoms with Gasteiger partial charge >= 0.3 is 0 Å². The second-order valence-corrected chi connectivity index (χ2v) is 10.0. The maximum atomic E-state index is 13.5. The zero-order valence-electron chi connectivity index (χ0n) is 19.1. The van der Waals surface area contributed by atoms with E-state index in [-0.39, 0.29) is 17.9 Å². The molecule has 0 spiro atoms. The summed E-state index contributed by atoms with van der Waals surface area (Å²) < 4.78 is 0. The Labute approximate surface area is 195 Å². The number of benzene rings is 1. The van der Waals surface area contributed by atoms with Crippen molar-refractivity contribution in [2.24, 2.45) is 0 Å². The first kappa shape index (κ1) is 22.8. The number of hydrogen-bond acceptors (Lipinski definition) is 4. The molecule has 32 heavy (non-hydrogen) atoms. The molecule has 1 aliphatic heterocycles. The smallest absolute Gasteiger partial charge is 0.256 e. The van der Waals surface area contributed by atoms with E-state index in [9.17, 15) is 9.59 Å². The number of hydrogen-bond donors (Lipinski definition) is 1. The van der Waals surface area contributed by atoms with Crippen LogP contribution >= 0.6 is 11.3 Å².